The van der Waals surface area contributed by atoms with E-state index in [9.17, 15) is 18.8 Å². The van der Waals surface area contributed by atoms with Gasteiger partial charge in [0.25, 0.3) is 0 Å². The Morgan fingerprint density at radius 1 is 0.886 bits per heavy atom. The van der Waals surface area contributed by atoms with E-state index in [0.717, 1.165) is 120 Å². The van der Waals surface area contributed by atoms with Crippen LogP contribution in [0.2, 0.25) is 0 Å². The second-order valence-electron chi connectivity index (χ2n) is 22.5. The van der Waals surface area contributed by atoms with Crippen molar-refractivity contribution in [3.8, 4) is 29.6 Å². The van der Waals surface area contributed by atoms with Crippen LogP contribution in [0, 0.1) is 35.8 Å². The van der Waals surface area contributed by atoms with Crippen molar-refractivity contribution in [3.63, 3.8) is 0 Å². The van der Waals surface area contributed by atoms with Gasteiger partial charge in [-0.05, 0) is 138 Å². The molecule has 3 aromatic carbocycles. The van der Waals surface area contributed by atoms with E-state index in [1.807, 2.05) is 28.8 Å². The summed E-state index contributed by atoms with van der Waals surface area (Å²) >= 11 is 0. The maximum atomic E-state index is 16.9. The van der Waals surface area contributed by atoms with Crippen molar-refractivity contribution in [2.45, 2.75) is 115 Å². The van der Waals surface area contributed by atoms with Crippen LogP contribution in [0.15, 0.2) is 48.5 Å². The van der Waals surface area contributed by atoms with Crippen LogP contribution < -0.4 is 19.9 Å². The summed E-state index contributed by atoms with van der Waals surface area (Å²) in [5, 5.41) is 9.90. The predicted molar refractivity (Wildman–Crippen MR) is 300 cm³/mol. The third-order valence-corrected chi connectivity index (χ3v) is 18.0. The van der Waals surface area contributed by atoms with Crippen molar-refractivity contribution in [2.75, 3.05) is 82.5 Å². The molecule has 3 amide bonds. The lowest BCUT2D eigenvalue weighted by Gasteiger charge is -2.37. The molecule has 13 rings (SSSR count). The van der Waals surface area contributed by atoms with Gasteiger partial charge in [0.1, 0.15) is 29.5 Å². The van der Waals surface area contributed by atoms with Gasteiger partial charge in [-0.2, -0.15) is 15.1 Å². The van der Waals surface area contributed by atoms with E-state index in [2.05, 4.69) is 49.2 Å². The van der Waals surface area contributed by atoms with Gasteiger partial charge >= 0.3 is 12.1 Å². The number of fused-ring (bicyclic) bond motifs is 5. The largest absolute Gasteiger partial charge is 0.461 e. The first-order valence-corrected chi connectivity index (χ1v) is 28.2. The van der Waals surface area contributed by atoms with Crippen molar-refractivity contribution in [1.29, 1.82) is 0 Å². The maximum Gasteiger partial charge on any atom is 0.409 e. The standard InChI is InChI=1S/C34H33F2N5O2.C26H35N5O4.CH4/c1-2-23-25(35)11-9-21-7-3-8-24(27(21)23)30-29(36)31-28-26(37-30)12-10-22-19-42-18-6-17-41(22)32(28)39-33(38-31)43-20-34-13-4-15-40(34)16-5-14-34;1-29-22-16-19(3-4-20(22)24(28-29)21-5-6-23(32)27-25(21)33)30-11-7-17(8-12-30)15-18-9-13-31(14-10-18)26(34)35-2;/h1,3,7-9,11,22H,4-6,10,12-20H2;3-4,16-18,21H,5-15H2,1-2H3,(H,27,32,33);1H4. The number of terminal acetylenes is 1. The fraction of sp³-hybridized carbons (Fsp3) is 0.525. The molecule has 79 heavy (non-hydrogen) atoms. The van der Waals surface area contributed by atoms with Crippen molar-refractivity contribution >= 4 is 62.0 Å². The number of halogens is 2. The molecule has 16 nitrogen and oxygen atoms in total. The Balaban J connectivity index is 0.000000169. The normalized spacial score (nSPS) is 21.6. The lowest BCUT2D eigenvalue weighted by atomic mass is 9.83. The number of carbonyl (C=O) groups excluding carboxylic acids is 3. The Morgan fingerprint density at radius 2 is 1.66 bits per heavy atom. The number of ether oxygens (including phenoxy) is 3. The van der Waals surface area contributed by atoms with Crippen LogP contribution in [-0.2, 0) is 32.5 Å². The van der Waals surface area contributed by atoms with Crippen molar-refractivity contribution in [1.82, 2.24) is 39.8 Å². The summed E-state index contributed by atoms with van der Waals surface area (Å²) in [7, 11) is 3.37. The number of methoxy groups -OCH3 is 1. The smallest absolute Gasteiger partial charge is 0.409 e. The number of amides is 3. The molecule has 6 aromatic rings. The summed E-state index contributed by atoms with van der Waals surface area (Å²) in [6.45, 7) is 8.32. The number of anilines is 2. The van der Waals surface area contributed by atoms with E-state index in [-0.39, 0.29) is 65.6 Å². The van der Waals surface area contributed by atoms with E-state index in [0.29, 0.717) is 78.2 Å². The summed E-state index contributed by atoms with van der Waals surface area (Å²) in [5.41, 5.74) is 4.50. The number of carbonyl (C=O) groups is 3. The van der Waals surface area contributed by atoms with Gasteiger partial charge < -0.3 is 28.9 Å². The van der Waals surface area contributed by atoms with Gasteiger partial charge in [0.2, 0.25) is 11.8 Å². The zero-order valence-corrected chi connectivity index (χ0v) is 44.7. The zero-order chi connectivity index (χ0) is 53.7. The summed E-state index contributed by atoms with van der Waals surface area (Å²) in [5.74, 6) is 2.63. The third kappa shape index (κ3) is 10.3. The molecule has 18 heteroatoms. The molecule has 6 fully saturated rings. The minimum Gasteiger partial charge on any atom is -0.461 e. The summed E-state index contributed by atoms with van der Waals surface area (Å²) in [4.78, 5) is 59.3. The molecule has 0 spiro atoms. The number of likely N-dealkylation sites (tertiary alicyclic amines) is 1. The van der Waals surface area contributed by atoms with Crippen LogP contribution in [0.1, 0.15) is 114 Å². The number of rotatable bonds is 8. The fourth-order valence-corrected chi connectivity index (χ4v) is 13.9. The van der Waals surface area contributed by atoms with Crippen molar-refractivity contribution < 1.29 is 37.4 Å². The molecular formula is C61H72F2N10O6. The van der Waals surface area contributed by atoms with Crippen LogP contribution in [0.5, 0.6) is 6.01 Å². The number of aryl methyl sites for hydroxylation is 2. The Hall–Kier alpha value is -6.97. The number of pyridine rings is 1. The Labute approximate surface area is 460 Å². The number of piperidine rings is 3. The van der Waals surface area contributed by atoms with Crippen LogP contribution in [0.4, 0.5) is 25.1 Å². The highest BCUT2D eigenvalue weighted by atomic mass is 19.1. The number of hydrogen-bond acceptors (Lipinski definition) is 13. The molecule has 416 valence electrons. The topological polar surface area (TPSA) is 160 Å². The average Bonchev–Trinajstić information content (AvgIpc) is 4.21. The second kappa shape index (κ2) is 22.6. The van der Waals surface area contributed by atoms with Gasteiger partial charge in [-0.1, -0.05) is 37.6 Å². The van der Waals surface area contributed by atoms with E-state index >= 15 is 4.39 Å². The maximum absolute atomic E-state index is 16.9. The highest BCUT2D eigenvalue weighted by Gasteiger charge is 2.45. The molecule has 0 saturated carbocycles. The fourth-order valence-electron chi connectivity index (χ4n) is 13.9. The first-order chi connectivity index (χ1) is 38.0. The minimum atomic E-state index is -0.585. The van der Waals surface area contributed by atoms with Gasteiger partial charge in [-0.3, -0.25) is 24.5 Å². The van der Waals surface area contributed by atoms with Gasteiger partial charge in [0.05, 0.1) is 59.1 Å². The number of imide groups is 1. The molecule has 2 atom stereocenters. The summed E-state index contributed by atoms with van der Waals surface area (Å²) < 4.78 is 50.8. The van der Waals surface area contributed by atoms with Crippen LogP contribution in [0.3, 0.4) is 0 Å². The van der Waals surface area contributed by atoms with Crippen molar-refractivity contribution in [2.24, 2.45) is 18.9 Å². The Morgan fingerprint density at radius 3 is 2.41 bits per heavy atom. The molecule has 0 radical (unpaired) electrons. The molecule has 7 aliphatic heterocycles. The van der Waals surface area contributed by atoms with Crippen LogP contribution in [0.25, 0.3) is 43.8 Å². The van der Waals surface area contributed by atoms with Crippen LogP contribution >= 0.6 is 0 Å². The molecule has 6 saturated heterocycles. The first-order valence-electron chi connectivity index (χ1n) is 28.2. The second-order valence-corrected chi connectivity index (χ2v) is 22.5. The molecule has 3 aromatic heterocycles. The first kappa shape index (κ1) is 54.0. The molecule has 0 bridgehead atoms. The summed E-state index contributed by atoms with van der Waals surface area (Å²) in [6, 6.07) is 15.1. The zero-order valence-electron chi connectivity index (χ0n) is 44.7. The third-order valence-electron chi connectivity index (χ3n) is 18.0. The Kier molecular flexibility index (Phi) is 15.5. The van der Waals surface area contributed by atoms with Crippen molar-refractivity contribution in [3.05, 3.63) is 77.1 Å². The number of aromatic nitrogens is 5. The molecular weight excluding hydrogens is 1010 g/mol. The lowest BCUT2D eigenvalue weighted by Crippen LogP contribution is -2.43. The van der Waals surface area contributed by atoms with E-state index < -0.39 is 11.6 Å². The van der Waals surface area contributed by atoms with Gasteiger partial charge in [0, 0.05) is 74.8 Å². The molecule has 2 unspecified atom stereocenters. The Bertz CT molecular complexity index is 3340. The quantitative estimate of drug-likeness (QED) is 0.114. The number of benzene rings is 3. The average molecular weight is 1080 g/mol. The molecule has 1 N–H and O–H groups in total. The number of nitrogens with one attached hydrogen (secondary N) is 1. The van der Waals surface area contributed by atoms with Crippen LogP contribution in [-0.4, -0.2) is 137 Å². The SMILES string of the molecule is C.C#Cc1c(F)ccc2cccc(-c3nc4c5c(nc(OCC67CCCN6CCC7)nc5c3F)N3CCCOCC3CC4)c12.COC(=O)N1CCC(CC2CCN(c3ccc4c(C5CCC(=O)NC5=O)nn(C)c4c3)CC2)CC1. The van der Waals surface area contributed by atoms with E-state index in [1.165, 1.54) is 38.1 Å². The number of hydrogen-bond donors (Lipinski definition) is 1. The molecule has 10 heterocycles. The molecule has 0 aliphatic carbocycles. The van der Waals surface area contributed by atoms with Gasteiger partial charge in [0.15, 0.2) is 5.82 Å². The summed E-state index contributed by atoms with van der Waals surface area (Å²) in [6.07, 6.45) is 18.9. The lowest BCUT2D eigenvalue weighted by molar-refractivity contribution is -0.134. The van der Waals surface area contributed by atoms with Gasteiger partial charge in [-0.25, -0.2) is 18.6 Å². The van der Waals surface area contributed by atoms with Gasteiger partial charge in [-0.15, -0.1) is 6.42 Å². The van der Waals surface area contributed by atoms with E-state index in [1.54, 1.807) is 12.1 Å². The highest BCUT2D eigenvalue weighted by molar-refractivity contribution is 6.04. The monoisotopic (exact) mass is 1080 g/mol. The highest BCUT2D eigenvalue weighted by Crippen LogP contribution is 2.43. The number of nitrogens with zero attached hydrogens (tertiary/aromatic N) is 9. The predicted octanol–water partition coefficient (Wildman–Crippen LogP) is 9.47. The van der Waals surface area contributed by atoms with E-state index in [4.69, 9.17) is 35.6 Å². The molecule has 7 aliphatic rings. The minimum absolute atomic E-state index is 0.